The molecule has 120 valence electrons. The van der Waals surface area contributed by atoms with Crippen molar-refractivity contribution in [2.24, 2.45) is 0 Å². The van der Waals surface area contributed by atoms with Gasteiger partial charge < -0.3 is 9.67 Å². The fourth-order valence-electron chi connectivity index (χ4n) is 3.42. The highest BCUT2D eigenvalue weighted by Crippen LogP contribution is 2.34. The van der Waals surface area contributed by atoms with Gasteiger partial charge in [0, 0.05) is 17.1 Å². The van der Waals surface area contributed by atoms with E-state index in [1.54, 1.807) is 0 Å². The molecule has 0 saturated carbocycles. The van der Waals surface area contributed by atoms with Crippen LogP contribution in [0.15, 0.2) is 12.1 Å². The third-order valence-electron chi connectivity index (χ3n) is 4.48. The van der Waals surface area contributed by atoms with Crippen LogP contribution < -0.4 is 0 Å². The maximum absolute atomic E-state index is 11.5. The third-order valence-corrected chi connectivity index (χ3v) is 4.48. The minimum Gasteiger partial charge on any atom is -0.478 e. The molecule has 0 atom stereocenters. The number of unbranched alkanes of at least 4 members (excludes halogenated alkanes) is 1. The van der Waals surface area contributed by atoms with E-state index in [1.807, 2.05) is 12.1 Å². The Morgan fingerprint density at radius 1 is 1.27 bits per heavy atom. The molecule has 0 saturated heterocycles. The topological polar surface area (TPSA) is 42.2 Å². The van der Waals surface area contributed by atoms with Gasteiger partial charge in [0.25, 0.3) is 0 Å². The van der Waals surface area contributed by atoms with Crippen LogP contribution in [0.5, 0.6) is 0 Å². The molecule has 0 amide bonds. The Morgan fingerprint density at radius 2 is 1.95 bits per heavy atom. The van der Waals surface area contributed by atoms with Crippen LogP contribution in [-0.4, -0.2) is 15.6 Å². The summed E-state index contributed by atoms with van der Waals surface area (Å²) in [6, 6.07) is 4.08. The number of carboxylic acids is 1. The number of hydrogen-bond donors (Lipinski definition) is 1. The number of aryl methyl sites for hydroxylation is 2. The molecule has 1 aromatic heterocycles. The molecule has 0 unspecified atom stereocenters. The maximum Gasteiger partial charge on any atom is 0.335 e. The SMILES string of the molecule is CCCCc1c(C)n(C(C)C)c2c(CC)cc(C(=O)O)cc12. The van der Waals surface area contributed by atoms with Gasteiger partial charge in [-0.2, -0.15) is 0 Å². The first-order valence-corrected chi connectivity index (χ1v) is 8.31. The molecule has 0 bridgehead atoms. The predicted molar refractivity (Wildman–Crippen MR) is 92.0 cm³/mol. The van der Waals surface area contributed by atoms with Crippen molar-refractivity contribution in [3.8, 4) is 0 Å². The van der Waals surface area contributed by atoms with Crippen molar-refractivity contribution in [3.63, 3.8) is 0 Å². The van der Waals surface area contributed by atoms with Crippen LogP contribution in [0.25, 0.3) is 10.9 Å². The molecule has 22 heavy (non-hydrogen) atoms. The van der Waals surface area contributed by atoms with E-state index in [0.29, 0.717) is 11.6 Å². The summed E-state index contributed by atoms with van der Waals surface area (Å²) in [7, 11) is 0. The van der Waals surface area contributed by atoms with Gasteiger partial charge in [0.2, 0.25) is 0 Å². The zero-order valence-corrected chi connectivity index (χ0v) is 14.4. The van der Waals surface area contributed by atoms with E-state index in [4.69, 9.17) is 0 Å². The molecule has 0 spiro atoms. The summed E-state index contributed by atoms with van der Waals surface area (Å²) in [5.41, 5.74) is 5.38. The molecule has 1 N–H and O–H groups in total. The summed E-state index contributed by atoms with van der Waals surface area (Å²) in [6.07, 6.45) is 4.15. The number of nitrogens with zero attached hydrogens (tertiary/aromatic N) is 1. The van der Waals surface area contributed by atoms with Gasteiger partial charge in [-0.15, -0.1) is 0 Å². The lowest BCUT2D eigenvalue weighted by atomic mass is 9.99. The molecule has 1 heterocycles. The highest BCUT2D eigenvalue weighted by atomic mass is 16.4. The Bertz CT molecular complexity index is 695. The Hall–Kier alpha value is -1.77. The van der Waals surface area contributed by atoms with Crippen molar-refractivity contribution < 1.29 is 9.90 Å². The van der Waals surface area contributed by atoms with E-state index >= 15 is 0 Å². The first kappa shape index (κ1) is 16.6. The van der Waals surface area contributed by atoms with Crippen molar-refractivity contribution in [1.82, 2.24) is 4.57 Å². The van der Waals surface area contributed by atoms with Gasteiger partial charge in [-0.3, -0.25) is 0 Å². The maximum atomic E-state index is 11.5. The lowest BCUT2D eigenvalue weighted by Crippen LogP contribution is -2.05. The second kappa shape index (κ2) is 6.55. The fraction of sp³-hybridized carbons (Fsp3) is 0.526. The minimum atomic E-state index is -0.840. The first-order valence-electron chi connectivity index (χ1n) is 8.31. The Balaban J connectivity index is 2.84. The van der Waals surface area contributed by atoms with E-state index in [-0.39, 0.29) is 0 Å². The van der Waals surface area contributed by atoms with Crippen LogP contribution >= 0.6 is 0 Å². The minimum absolute atomic E-state index is 0.374. The van der Waals surface area contributed by atoms with Crippen molar-refractivity contribution >= 4 is 16.9 Å². The lowest BCUT2D eigenvalue weighted by molar-refractivity contribution is 0.0697. The molecule has 0 aliphatic heterocycles. The number of hydrogen-bond acceptors (Lipinski definition) is 1. The van der Waals surface area contributed by atoms with Gasteiger partial charge in [-0.25, -0.2) is 4.79 Å². The van der Waals surface area contributed by atoms with Gasteiger partial charge in [-0.1, -0.05) is 20.3 Å². The molecular formula is C19H27NO2. The van der Waals surface area contributed by atoms with Crippen molar-refractivity contribution in [3.05, 3.63) is 34.5 Å². The van der Waals surface area contributed by atoms with Crippen LogP contribution in [0.1, 0.15) is 73.8 Å². The average molecular weight is 301 g/mol. The van der Waals surface area contributed by atoms with Crippen LogP contribution in [0.3, 0.4) is 0 Å². The van der Waals surface area contributed by atoms with Gasteiger partial charge >= 0.3 is 5.97 Å². The summed E-state index contributed by atoms with van der Waals surface area (Å²) >= 11 is 0. The standard InChI is InChI=1S/C19H27NO2/c1-6-8-9-16-13(5)20(12(3)4)18-14(7-2)10-15(19(21)22)11-17(16)18/h10-12H,6-9H2,1-5H3,(H,21,22). The zero-order chi connectivity index (χ0) is 16.4. The number of fused-ring (bicyclic) bond motifs is 1. The average Bonchev–Trinajstić information content (AvgIpc) is 2.75. The molecule has 3 nitrogen and oxygen atoms in total. The highest BCUT2D eigenvalue weighted by molar-refractivity contribution is 5.97. The summed E-state index contributed by atoms with van der Waals surface area (Å²) in [6.45, 7) is 10.8. The van der Waals surface area contributed by atoms with Crippen LogP contribution in [0, 0.1) is 6.92 Å². The Morgan fingerprint density at radius 3 is 2.45 bits per heavy atom. The van der Waals surface area contributed by atoms with Crippen molar-refractivity contribution in [2.75, 3.05) is 0 Å². The van der Waals surface area contributed by atoms with E-state index in [0.717, 1.165) is 36.6 Å². The molecule has 0 fully saturated rings. The van der Waals surface area contributed by atoms with E-state index in [1.165, 1.54) is 16.8 Å². The number of benzene rings is 1. The van der Waals surface area contributed by atoms with E-state index in [9.17, 15) is 9.90 Å². The van der Waals surface area contributed by atoms with Gasteiger partial charge in [-0.05, 0) is 63.3 Å². The molecule has 0 radical (unpaired) electrons. The Kier molecular flexibility index (Phi) is 4.94. The molecule has 1 aromatic carbocycles. The molecule has 0 aliphatic carbocycles. The molecule has 0 aliphatic rings. The highest BCUT2D eigenvalue weighted by Gasteiger charge is 2.20. The number of aromatic carboxylic acids is 1. The van der Waals surface area contributed by atoms with E-state index in [2.05, 4.69) is 39.2 Å². The second-order valence-corrected chi connectivity index (χ2v) is 6.32. The summed E-state index contributed by atoms with van der Waals surface area (Å²) in [5, 5.41) is 10.5. The largest absolute Gasteiger partial charge is 0.478 e. The Labute approximate surface area is 133 Å². The summed E-state index contributed by atoms with van der Waals surface area (Å²) in [5.74, 6) is -0.840. The summed E-state index contributed by atoms with van der Waals surface area (Å²) < 4.78 is 2.38. The quantitative estimate of drug-likeness (QED) is 0.803. The van der Waals surface area contributed by atoms with Crippen molar-refractivity contribution in [2.45, 2.75) is 66.3 Å². The van der Waals surface area contributed by atoms with Gasteiger partial charge in [0.1, 0.15) is 0 Å². The molecular weight excluding hydrogens is 274 g/mol. The fourth-order valence-corrected chi connectivity index (χ4v) is 3.42. The van der Waals surface area contributed by atoms with Crippen molar-refractivity contribution in [1.29, 1.82) is 0 Å². The lowest BCUT2D eigenvalue weighted by Gasteiger charge is -2.15. The third kappa shape index (κ3) is 2.77. The van der Waals surface area contributed by atoms with Crippen LogP contribution in [0.2, 0.25) is 0 Å². The second-order valence-electron chi connectivity index (χ2n) is 6.32. The van der Waals surface area contributed by atoms with Crippen LogP contribution in [-0.2, 0) is 12.8 Å². The molecule has 2 rings (SSSR count). The number of carboxylic acid groups (broad SMARTS) is 1. The monoisotopic (exact) mass is 301 g/mol. The summed E-state index contributed by atoms with van der Waals surface area (Å²) in [4.78, 5) is 11.5. The smallest absolute Gasteiger partial charge is 0.335 e. The predicted octanol–water partition coefficient (Wildman–Crippen LogP) is 5.13. The number of rotatable bonds is 6. The number of aromatic nitrogens is 1. The zero-order valence-electron chi connectivity index (χ0n) is 14.4. The van der Waals surface area contributed by atoms with Gasteiger partial charge in [0.15, 0.2) is 0 Å². The molecule has 3 heteroatoms. The van der Waals surface area contributed by atoms with Gasteiger partial charge in [0.05, 0.1) is 11.1 Å². The van der Waals surface area contributed by atoms with E-state index < -0.39 is 5.97 Å². The molecule has 2 aromatic rings. The number of carbonyl (C=O) groups is 1. The first-order chi connectivity index (χ1) is 10.4. The van der Waals surface area contributed by atoms with Crippen LogP contribution in [0.4, 0.5) is 0 Å². The normalized spacial score (nSPS) is 11.5.